The zero-order valence-corrected chi connectivity index (χ0v) is 12.2. The second-order valence-corrected chi connectivity index (χ2v) is 4.30. The number of ketones is 1. The molecule has 0 fully saturated rings. The average Bonchev–Trinajstić information content (AvgIpc) is 2.59. The third kappa shape index (κ3) is 3.60. The number of aromatic nitrogens is 1. The van der Waals surface area contributed by atoms with E-state index in [-0.39, 0.29) is 12.4 Å². The molecule has 2 rings (SSSR count). The first-order chi connectivity index (χ1) is 10.7. The summed E-state index contributed by atoms with van der Waals surface area (Å²) < 4.78 is 15.2. The first-order valence-electron chi connectivity index (χ1n) is 6.48. The third-order valence-electron chi connectivity index (χ3n) is 2.96. The summed E-state index contributed by atoms with van der Waals surface area (Å²) in [5.74, 6) is -0.00312. The molecule has 6 heteroatoms. The molecule has 1 heterocycles. The lowest BCUT2D eigenvalue weighted by Crippen LogP contribution is -2.15. The van der Waals surface area contributed by atoms with E-state index < -0.39 is 5.97 Å². The van der Waals surface area contributed by atoms with Crippen LogP contribution in [0.15, 0.2) is 42.7 Å². The molecule has 0 saturated carbocycles. The smallest absolute Gasteiger partial charge is 0.338 e. The van der Waals surface area contributed by atoms with Crippen LogP contribution in [0.3, 0.4) is 0 Å². The van der Waals surface area contributed by atoms with Crippen molar-refractivity contribution in [2.75, 3.05) is 20.8 Å². The van der Waals surface area contributed by atoms with Gasteiger partial charge in [0.05, 0.1) is 25.3 Å². The largest absolute Gasteiger partial charge is 0.497 e. The van der Waals surface area contributed by atoms with E-state index >= 15 is 0 Å². The second-order valence-electron chi connectivity index (χ2n) is 4.30. The van der Waals surface area contributed by atoms with Gasteiger partial charge in [0, 0.05) is 18.5 Å². The van der Waals surface area contributed by atoms with Gasteiger partial charge in [-0.3, -0.25) is 9.78 Å². The van der Waals surface area contributed by atoms with Crippen LogP contribution in [-0.2, 0) is 4.74 Å². The number of rotatable bonds is 6. The quantitative estimate of drug-likeness (QED) is 0.601. The molecule has 1 aromatic heterocycles. The number of benzene rings is 1. The maximum atomic E-state index is 12.1. The second kappa shape index (κ2) is 7.21. The molecule has 0 atom stereocenters. The van der Waals surface area contributed by atoms with Crippen molar-refractivity contribution < 1.29 is 23.8 Å². The highest BCUT2D eigenvalue weighted by Crippen LogP contribution is 2.25. The summed E-state index contributed by atoms with van der Waals surface area (Å²) >= 11 is 0. The summed E-state index contributed by atoms with van der Waals surface area (Å²) in [5, 5.41) is 0. The van der Waals surface area contributed by atoms with Crippen LogP contribution in [0.5, 0.6) is 11.5 Å². The van der Waals surface area contributed by atoms with E-state index in [1.54, 1.807) is 18.2 Å². The fourth-order valence-electron chi connectivity index (χ4n) is 1.81. The summed E-state index contributed by atoms with van der Waals surface area (Å²) in [4.78, 5) is 27.7. The van der Waals surface area contributed by atoms with Crippen LogP contribution in [-0.4, -0.2) is 37.6 Å². The molecule has 0 aliphatic carbocycles. The highest BCUT2D eigenvalue weighted by atomic mass is 16.5. The zero-order chi connectivity index (χ0) is 15.9. The first kappa shape index (κ1) is 15.5. The van der Waals surface area contributed by atoms with Gasteiger partial charge in [0.2, 0.25) is 5.78 Å². The van der Waals surface area contributed by atoms with Crippen molar-refractivity contribution in [1.82, 2.24) is 4.98 Å². The van der Waals surface area contributed by atoms with E-state index in [9.17, 15) is 9.59 Å². The summed E-state index contributed by atoms with van der Waals surface area (Å²) in [6.45, 7) is -0.371. The predicted molar refractivity (Wildman–Crippen MR) is 78.4 cm³/mol. The van der Waals surface area contributed by atoms with Gasteiger partial charge in [0.25, 0.3) is 0 Å². The Morgan fingerprint density at radius 3 is 2.41 bits per heavy atom. The minimum absolute atomic E-state index is 0.325. The van der Waals surface area contributed by atoms with E-state index in [0.29, 0.717) is 22.6 Å². The van der Waals surface area contributed by atoms with Gasteiger partial charge in [-0.15, -0.1) is 0 Å². The number of hydrogen-bond acceptors (Lipinski definition) is 6. The number of esters is 1. The summed E-state index contributed by atoms with van der Waals surface area (Å²) in [5.41, 5.74) is 0.662. The molecule has 22 heavy (non-hydrogen) atoms. The first-order valence-corrected chi connectivity index (χ1v) is 6.48. The van der Waals surface area contributed by atoms with Crippen LogP contribution >= 0.6 is 0 Å². The van der Waals surface area contributed by atoms with Gasteiger partial charge in [-0.1, -0.05) is 0 Å². The Balaban J connectivity index is 2.05. The molecule has 0 bridgehead atoms. The maximum absolute atomic E-state index is 12.1. The van der Waals surface area contributed by atoms with Crippen LogP contribution < -0.4 is 9.47 Å². The van der Waals surface area contributed by atoms with Crippen molar-refractivity contribution in [3.05, 3.63) is 53.9 Å². The molecule has 0 amide bonds. The molecule has 114 valence electrons. The summed E-state index contributed by atoms with van der Waals surface area (Å²) in [6.07, 6.45) is 2.95. The molecule has 0 N–H and O–H groups in total. The number of hydrogen-bond donors (Lipinski definition) is 0. The molecule has 0 radical (unpaired) electrons. The number of nitrogens with zero attached hydrogens (tertiary/aromatic N) is 1. The zero-order valence-electron chi connectivity index (χ0n) is 12.2. The maximum Gasteiger partial charge on any atom is 0.338 e. The lowest BCUT2D eigenvalue weighted by molar-refractivity contribution is 0.0474. The van der Waals surface area contributed by atoms with E-state index in [4.69, 9.17) is 14.2 Å². The molecule has 1 aromatic carbocycles. The monoisotopic (exact) mass is 301 g/mol. The minimum atomic E-state index is -0.580. The van der Waals surface area contributed by atoms with Crippen molar-refractivity contribution in [3.8, 4) is 11.5 Å². The average molecular weight is 301 g/mol. The molecule has 0 unspecified atom stereocenters. The third-order valence-corrected chi connectivity index (χ3v) is 2.96. The highest BCUT2D eigenvalue weighted by molar-refractivity contribution is 6.01. The van der Waals surface area contributed by atoms with Crippen molar-refractivity contribution >= 4 is 11.8 Å². The Morgan fingerprint density at radius 1 is 1.05 bits per heavy atom. The molecule has 0 aliphatic heterocycles. The number of carbonyl (C=O) groups is 2. The predicted octanol–water partition coefficient (Wildman–Crippen LogP) is 2.14. The molecule has 2 aromatic rings. The lowest BCUT2D eigenvalue weighted by atomic mass is 10.1. The summed E-state index contributed by atoms with van der Waals surface area (Å²) in [6, 6.07) is 7.83. The van der Waals surface area contributed by atoms with Crippen LogP contribution in [0.4, 0.5) is 0 Å². The van der Waals surface area contributed by atoms with Gasteiger partial charge in [-0.2, -0.15) is 0 Å². The Labute approximate surface area is 127 Å². The van der Waals surface area contributed by atoms with Crippen molar-refractivity contribution in [2.45, 2.75) is 0 Å². The minimum Gasteiger partial charge on any atom is -0.497 e. The van der Waals surface area contributed by atoms with Crippen molar-refractivity contribution in [3.63, 3.8) is 0 Å². The van der Waals surface area contributed by atoms with E-state index in [1.165, 1.54) is 38.7 Å². The van der Waals surface area contributed by atoms with Crippen LogP contribution in [0.2, 0.25) is 0 Å². The van der Waals surface area contributed by atoms with Crippen LogP contribution in [0.1, 0.15) is 20.7 Å². The van der Waals surface area contributed by atoms with Gasteiger partial charge in [0.1, 0.15) is 11.5 Å². The Morgan fingerprint density at radius 2 is 1.77 bits per heavy atom. The molecule has 0 spiro atoms. The number of carbonyl (C=O) groups excluding carboxylic acids is 2. The van der Waals surface area contributed by atoms with E-state index in [0.717, 1.165) is 0 Å². The van der Waals surface area contributed by atoms with E-state index in [1.807, 2.05) is 0 Å². The Kier molecular flexibility index (Phi) is 5.08. The van der Waals surface area contributed by atoms with Gasteiger partial charge >= 0.3 is 5.97 Å². The van der Waals surface area contributed by atoms with Crippen molar-refractivity contribution in [1.29, 1.82) is 0 Å². The molecule has 0 aliphatic rings. The standard InChI is InChI=1S/C16H15NO5/c1-20-12-3-4-13(15(9-12)21-2)14(18)10-22-16(19)11-5-7-17-8-6-11/h3-9H,10H2,1-2H3. The van der Waals surface area contributed by atoms with Gasteiger partial charge in [-0.05, 0) is 24.3 Å². The Bertz CT molecular complexity index is 669. The number of Topliss-reactive ketones (excluding diaryl/α,β-unsaturated/α-hetero) is 1. The molecule has 6 nitrogen and oxygen atoms in total. The fraction of sp³-hybridized carbons (Fsp3) is 0.188. The normalized spacial score (nSPS) is 9.91. The SMILES string of the molecule is COc1ccc(C(=O)COC(=O)c2ccncc2)c(OC)c1. The lowest BCUT2D eigenvalue weighted by Gasteiger charge is -2.10. The van der Waals surface area contributed by atoms with Gasteiger partial charge < -0.3 is 14.2 Å². The topological polar surface area (TPSA) is 74.7 Å². The van der Waals surface area contributed by atoms with Gasteiger partial charge in [-0.25, -0.2) is 4.79 Å². The van der Waals surface area contributed by atoms with Crippen LogP contribution in [0.25, 0.3) is 0 Å². The molecule has 0 saturated heterocycles. The number of ether oxygens (including phenoxy) is 3. The summed E-state index contributed by atoms with van der Waals surface area (Å²) in [7, 11) is 2.97. The molecular weight excluding hydrogens is 286 g/mol. The Hall–Kier alpha value is -2.89. The van der Waals surface area contributed by atoms with Gasteiger partial charge in [0.15, 0.2) is 6.61 Å². The molecular formula is C16H15NO5. The van der Waals surface area contributed by atoms with Crippen molar-refractivity contribution in [2.24, 2.45) is 0 Å². The number of methoxy groups -OCH3 is 2. The van der Waals surface area contributed by atoms with Crippen LogP contribution in [0, 0.1) is 0 Å². The highest BCUT2D eigenvalue weighted by Gasteiger charge is 2.16. The van der Waals surface area contributed by atoms with E-state index in [2.05, 4.69) is 4.98 Å². The fourth-order valence-corrected chi connectivity index (χ4v) is 1.81. The number of pyridine rings is 1.